The van der Waals surface area contributed by atoms with Gasteiger partial charge in [0.15, 0.2) is 0 Å². The van der Waals surface area contributed by atoms with Crippen LogP contribution in [-0.4, -0.2) is 47.0 Å². The summed E-state index contributed by atoms with van der Waals surface area (Å²) >= 11 is 0. The molecular weight excluding hydrogens is 442 g/mol. The van der Waals surface area contributed by atoms with Gasteiger partial charge in [0.05, 0.1) is 5.56 Å². The number of hydrogen-bond acceptors (Lipinski definition) is 6. The molecule has 7 heteroatoms. The van der Waals surface area contributed by atoms with E-state index in [0.717, 1.165) is 24.8 Å². The molecule has 5 N–H and O–H groups in total. The van der Waals surface area contributed by atoms with E-state index in [0.29, 0.717) is 43.0 Å². The molecule has 2 unspecified atom stereocenters. The number of carboxylic acids is 1. The number of nitrogens with zero attached hydrogens (tertiary/aromatic N) is 1. The molecule has 0 aromatic heterocycles. The molecule has 7 nitrogen and oxygen atoms in total. The summed E-state index contributed by atoms with van der Waals surface area (Å²) in [5.41, 5.74) is 9.66. The molecule has 0 saturated carbocycles. The minimum atomic E-state index is -1.01. The number of hydrogen-bond donors (Lipinski definition) is 4. The van der Waals surface area contributed by atoms with Crippen molar-refractivity contribution in [2.75, 3.05) is 13.2 Å². The summed E-state index contributed by atoms with van der Waals surface area (Å²) in [6.07, 6.45) is 4.11. The van der Waals surface area contributed by atoms with Gasteiger partial charge in [-0.2, -0.15) is 5.26 Å². The fourth-order valence-corrected chi connectivity index (χ4v) is 4.81. The van der Waals surface area contributed by atoms with E-state index in [4.69, 9.17) is 15.6 Å². The number of β-amino-alcohol motifs (C(OH)–C–C–N with tert-alkyl or cyclic N) is 1. The number of carbonyl (C=O) groups is 1. The molecule has 35 heavy (non-hydrogen) atoms. The van der Waals surface area contributed by atoms with Gasteiger partial charge in [0, 0.05) is 12.1 Å². The van der Waals surface area contributed by atoms with Gasteiger partial charge >= 0.3 is 5.97 Å². The molecule has 0 bridgehead atoms. The molecule has 3 rings (SSSR count). The van der Waals surface area contributed by atoms with Crippen LogP contribution in [0, 0.1) is 17.2 Å². The first kappa shape index (κ1) is 26.7. The van der Waals surface area contributed by atoms with Crippen LogP contribution in [0.3, 0.4) is 0 Å². The summed E-state index contributed by atoms with van der Waals surface area (Å²) in [7, 11) is 0. The van der Waals surface area contributed by atoms with Crippen molar-refractivity contribution >= 4 is 5.97 Å². The highest BCUT2D eigenvalue weighted by Gasteiger charge is 2.28. The summed E-state index contributed by atoms with van der Waals surface area (Å²) in [6.45, 7) is 4.79. The maximum Gasteiger partial charge on any atom is 0.320 e. The highest BCUT2D eigenvalue weighted by molar-refractivity contribution is 5.72. The average Bonchev–Trinajstić information content (AvgIpc) is 3.23. The predicted octanol–water partition coefficient (Wildman–Crippen LogP) is 3.21. The number of aliphatic carboxylic acids is 1. The highest BCUT2D eigenvalue weighted by Crippen LogP contribution is 2.32. The molecule has 0 aliphatic heterocycles. The Bertz CT molecular complexity index is 1020. The summed E-state index contributed by atoms with van der Waals surface area (Å²) in [5.74, 6) is 0.0109. The molecule has 0 fully saturated rings. The number of rotatable bonds is 13. The van der Waals surface area contributed by atoms with Crippen molar-refractivity contribution in [1.82, 2.24) is 5.32 Å². The van der Waals surface area contributed by atoms with Crippen LogP contribution in [0.4, 0.5) is 0 Å². The Morgan fingerprint density at radius 2 is 1.94 bits per heavy atom. The Labute approximate surface area is 207 Å². The molecule has 0 saturated heterocycles. The van der Waals surface area contributed by atoms with Crippen LogP contribution in [0.2, 0.25) is 0 Å². The zero-order chi connectivity index (χ0) is 25.4. The molecular formula is C28H37N3O4. The number of ether oxygens (including phenoxy) is 1. The van der Waals surface area contributed by atoms with E-state index in [-0.39, 0.29) is 12.1 Å². The summed E-state index contributed by atoms with van der Waals surface area (Å²) < 4.78 is 5.81. The third-order valence-corrected chi connectivity index (χ3v) is 6.65. The minimum absolute atomic E-state index is 0.0694. The molecule has 188 valence electrons. The lowest BCUT2D eigenvalue weighted by molar-refractivity contribution is -0.138. The van der Waals surface area contributed by atoms with E-state index in [9.17, 15) is 15.2 Å². The average molecular weight is 480 g/mol. The Morgan fingerprint density at radius 1 is 1.26 bits per heavy atom. The third-order valence-electron chi connectivity index (χ3n) is 6.65. The van der Waals surface area contributed by atoms with E-state index >= 15 is 0 Å². The van der Waals surface area contributed by atoms with Gasteiger partial charge in [-0.25, -0.2) is 0 Å². The first-order valence-corrected chi connectivity index (χ1v) is 12.3. The van der Waals surface area contributed by atoms with Gasteiger partial charge in [-0.3, -0.25) is 4.79 Å². The number of nitriles is 1. The second kappa shape index (κ2) is 12.2. The van der Waals surface area contributed by atoms with Crippen LogP contribution in [-0.2, 0) is 24.1 Å². The molecule has 0 amide bonds. The number of benzene rings is 2. The largest absolute Gasteiger partial charge is 0.489 e. The van der Waals surface area contributed by atoms with Gasteiger partial charge in [0.1, 0.15) is 30.6 Å². The molecule has 0 heterocycles. The standard InChI is InChI=1S/C28H37N3O4/c1-28(2,15-20-12-21-7-3-4-8-22(21)13-20)31-17-24(32)18-35-26-14-19(10-11-23(26)16-29)6-5-9-25(30)27(33)34/h3-4,7-8,10-11,14,20,24-25,31-32H,5-6,9,12-13,15,17-18,30H2,1-2H3,(H,33,34). The van der Waals surface area contributed by atoms with E-state index in [2.05, 4.69) is 49.5 Å². The second-order valence-electron chi connectivity index (χ2n) is 10.3. The fourth-order valence-electron chi connectivity index (χ4n) is 4.81. The number of aliphatic hydroxyl groups excluding tert-OH is 1. The maximum atomic E-state index is 10.9. The number of aliphatic hydroxyl groups is 1. The fraction of sp³-hybridized carbons (Fsp3) is 0.500. The number of nitrogens with two attached hydrogens (primary N) is 1. The molecule has 0 spiro atoms. The Morgan fingerprint density at radius 3 is 2.57 bits per heavy atom. The summed E-state index contributed by atoms with van der Waals surface area (Å²) in [6, 6.07) is 15.2. The molecule has 1 aliphatic rings. The number of fused-ring (bicyclic) bond motifs is 1. The molecule has 2 aromatic rings. The van der Waals surface area contributed by atoms with Crippen LogP contribution in [0.1, 0.15) is 55.4 Å². The van der Waals surface area contributed by atoms with Gasteiger partial charge in [-0.1, -0.05) is 30.3 Å². The highest BCUT2D eigenvalue weighted by atomic mass is 16.5. The van der Waals surface area contributed by atoms with E-state index in [1.54, 1.807) is 12.1 Å². The van der Waals surface area contributed by atoms with Gasteiger partial charge in [-0.15, -0.1) is 0 Å². The van der Waals surface area contributed by atoms with Crippen LogP contribution in [0.15, 0.2) is 42.5 Å². The lowest BCUT2D eigenvalue weighted by Gasteiger charge is -2.30. The summed E-state index contributed by atoms with van der Waals surface area (Å²) in [4.78, 5) is 10.9. The first-order chi connectivity index (χ1) is 16.7. The van der Waals surface area contributed by atoms with Gasteiger partial charge in [-0.05, 0) is 87.1 Å². The lowest BCUT2D eigenvalue weighted by atomic mass is 9.88. The van der Waals surface area contributed by atoms with E-state index in [1.165, 1.54) is 11.1 Å². The number of carboxylic acid groups (broad SMARTS) is 1. The van der Waals surface area contributed by atoms with Crippen LogP contribution in [0.5, 0.6) is 5.75 Å². The van der Waals surface area contributed by atoms with Crippen molar-refractivity contribution in [3.05, 3.63) is 64.7 Å². The zero-order valence-corrected chi connectivity index (χ0v) is 20.7. The van der Waals surface area contributed by atoms with Crippen LogP contribution < -0.4 is 15.8 Å². The van der Waals surface area contributed by atoms with Gasteiger partial charge < -0.3 is 26.0 Å². The van der Waals surface area contributed by atoms with Crippen LogP contribution in [0.25, 0.3) is 0 Å². The lowest BCUT2D eigenvalue weighted by Crippen LogP contribution is -2.46. The van der Waals surface area contributed by atoms with E-state index in [1.807, 2.05) is 6.07 Å². The predicted molar refractivity (Wildman–Crippen MR) is 135 cm³/mol. The van der Waals surface area contributed by atoms with Crippen molar-refractivity contribution in [3.8, 4) is 11.8 Å². The zero-order valence-electron chi connectivity index (χ0n) is 20.7. The molecule has 0 radical (unpaired) electrons. The molecule has 2 aromatic carbocycles. The van der Waals surface area contributed by atoms with Gasteiger partial charge in [0.2, 0.25) is 0 Å². The maximum absolute atomic E-state index is 10.9. The SMILES string of the molecule is CC(C)(CC1Cc2ccccc2C1)NCC(O)COc1cc(CCCC(N)C(=O)O)ccc1C#N. The monoisotopic (exact) mass is 479 g/mol. The van der Waals surface area contributed by atoms with Crippen molar-refractivity contribution in [3.63, 3.8) is 0 Å². The summed E-state index contributed by atoms with van der Waals surface area (Å²) in [5, 5.41) is 32.3. The first-order valence-electron chi connectivity index (χ1n) is 12.3. The third kappa shape index (κ3) is 8.07. The van der Waals surface area contributed by atoms with Crippen LogP contribution >= 0.6 is 0 Å². The topological polar surface area (TPSA) is 129 Å². The Hall–Kier alpha value is -2.92. The second-order valence-corrected chi connectivity index (χ2v) is 10.3. The number of aryl methyl sites for hydroxylation is 1. The molecule has 2 atom stereocenters. The Balaban J connectivity index is 1.45. The van der Waals surface area contributed by atoms with Crippen molar-refractivity contribution in [2.24, 2.45) is 11.7 Å². The normalized spacial score (nSPS) is 15.3. The van der Waals surface area contributed by atoms with Crippen molar-refractivity contribution in [2.45, 2.75) is 70.1 Å². The van der Waals surface area contributed by atoms with Crippen molar-refractivity contribution in [1.29, 1.82) is 5.26 Å². The minimum Gasteiger partial charge on any atom is -0.489 e. The van der Waals surface area contributed by atoms with E-state index < -0.39 is 18.1 Å². The molecule has 1 aliphatic carbocycles. The van der Waals surface area contributed by atoms with Gasteiger partial charge in [0.25, 0.3) is 0 Å². The quantitative estimate of drug-likeness (QED) is 0.347. The number of nitrogens with one attached hydrogen (secondary N) is 1. The Kier molecular flexibility index (Phi) is 9.27. The van der Waals surface area contributed by atoms with Crippen molar-refractivity contribution < 1.29 is 19.7 Å². The smallest absolute Gasteiger partial charge is 0.320 e.